The van der Waals surface area contributed by atoms with Crippen LogP contribution in [-0.4, -0.2) is 49.5 Å². The van der Waals surface area contributed by atoms with Crippen LogP contribution in [0.5, 0.6) is 11.5 Å². The predicted octanol–water partition coefficient (Wildman–Crippen LogP) is 7.88. The monoisotopic (exact) mass is 634 g/mol. The number of rotatable bonds is 20. The summed E-state index contributed by atoms with van der Waals surface area (Å²) in [5.41, 5.74) is 4.42. The van der Waals surface area contributed by atoms with Gasteiger partial charge in [0.25, 0.3) is 5.91 Å². The van der Waals surface area contributed by atoms with Crippen LogP contribution < -0.4 is 14.8 Å². The van der Waals surface area contributed by atoms with E-state index in [-0.39, 0.29) is 24.8 Å². The zero-order valence-corrected chi connectivity index (χ0v) is 27.2. The van der Waals surface area contributed by atoms with Gasteiger partial charge in [0, 0.05) is 19.8 Å². The number of Topliss-reactive ketones (excluding diaryl/α,β-unsaturated/α-hetero) is 1. The van der Waals surface area contributed by atoms with Crippen LogP contribution in [0.4, 0.5) is 5.69 Å². The summed E-state index contributed by atoms with van der Waals surface area (Å²) < 4.78 is 17.7. The number of anilines is 1. The number of nitrogens with zero attached hydrogens (tertiary/aromatic N) is 1. The van der Waals surface area contributed by atoms with Gasteiger partial charge in [0.05, 0.1) is 12.1 Å². The predicted molar refractivity (Wildman–Crippen MR) is 186 cm³/mol. The number of hydrogen-bond acceptors (Lipinski definition) is 6. The molecule has 246 valence electrons. The second-order valence-electron chi connectivity index (χ2n) is 12.0. The standard InChI is InChI=1S/C40H46N2O5/c43-36(35-23-24-37(39-40(35)47-31-38(44)41-39)46-30-34-21-10-5-11-22-34)29-42(28-33-19-8-4-9-20-33)25-13-1-2-14-26-45-27-15-12-18-32-16-6-3-7-17-32/h3-11,16-17,19-24H,1-2,12-15,18,25-31H2,(H,41,44). The van der Waals surface area contributed by atoms with Crippen LogP contribution >= 0.6 is 0 Å². The number of ether oxygens (including phenoxy) is 3. The summed E-state index contributed by atoms with van der Waals surface area (Å²) in [4.78, 5) is 28.2. The molecular weight excluding hydrogens is 588 g/mol. The maximum atomic E-state index is 13.8. The van der Waals surface area contributed by atoms with Crippen molar-refractivity contribution in [2.75, 3.05) is 38.2 Å². The first kappa shape index (κ1) is 33.9. The summed E-state index contributed by atoms with van der Waals surface area (Å²) in [6, 6.07) is 34.1. The van der Waals surface area contributed by atoms with Gasteiger partial charge >= 0.3 is 0 Å². The average molecular weight is 635 g/mol. The van der Waals surface area contributed by atoms with E-state index >= 15 is 0 Å². The van der Waals surface area contributed by atoms with E-state index in [9.17, 15) is 9.59 Å². The van der Waals surface area contributed by atoms with Crippen molar-refractivity contribution in [3.05, 3.63) is 125 Å². The first-order valence-electron chi connectivity index (χ1n) is 16.8. The molecule has 0 fully saturated rings. The van der Waals surface area contributed by atoms with Crippen molar-refractivity contribution in [1.82, 2.24) is 4.90 Å². The SMILES string of the molecule is O=C1COc2c(C(=O)CN(CCCCCCOCCCCc3ccccc3)Cc3ccccc3)ccc(OCc3ccccc3)c2N1. The molecule has 7 nitrogen and oxygen atoms in total. The Hall–Kier alpha value is -4.46. The van der Waals surface area contributed by atoms with Gasteiger partial charge in [-0.05, 0) is 67.5 Å². The highest BCUT2D eigenvalue weighted by Crippen LogP contribution is 2.40. The van der Waals surface area contributed by atoms with Gasteiger partial charge in [0.15, 0.2) is 18.1 Å². The van der Waals surface area contributed by atoms with E-state index in [0.29, 0.717) is 35.9 Å². The van der Waals surface area contributed by atoms with Gasteiger partial charge in [-0.1, -0.05) is 104 Å². The lowest BCUT2D eigenvalue weighted by Crippen LogP contribution is -2.32. The lowest BCUT2D eigenvalue weighted by Gasteiger charge is -2.25. The fourth-order valence-electron chi connectivity index (χ4n) is 5.74. The van der Waals surface area contributed by atoms with Crippen LogP contribution in [0, 0.1) is 0 Å². The van der Waals surface area contributed by atoms with Gasteiger partial charge in [-0.15, -0.1) is 0 Å². The third-order valence-electron chi connectivity index (χ3n) is 8.25. The summed E-state index contributed by atoms with van der Waals surface area (Å²) >= 11 is 0. The number of amides is 1. The van der Waals surface area contributed by atoms with Crippen molar-refractivity contribution < 1.29 is 23.8 Å². The van der Waals surface area contributed by atoms with Crippen molar-refractivity contribution in [3.8, 4) is 11.5 Å². The highest BCUT2D eigenvalue weighted by Gasteiger charge is 2.27. The Labute approximate surface area is 278 Å². The van der Waals surface area contributed by atoms with Crippen LogP contribution in [-0.2, 0) is 29.1 Å². The molecule has 0 atom stereocenters. The lowest BCUT2D eigenvalue weighted by atomic mass is 10.0. The van der Waals surface area contributed by atoms with E-state index in [4.69, 9.17) is 14.2 Å². The van der Waals surface area contributed by atoms with Crippen LogP contribution in [0.2, 0.25) is 0 Å². The fraction of sp³-hybridized carbons (Fsp3) is 0.350. The van der Waals surface area contributed by atoms with Crippen LogP contribution in [0.1, 0.15) is 65.6 Å². The fourth-order valence-corrected chi connectivity index (χ4v) is 5.74. The Morgan fingerprint density at radius 2 is 1.36 bits per heavy atom. The second-order valence-corrected chi connectivity index (χ2v) is 12.0. The molecule has 0 radical (unpaired) electrons. The lowest BCUT2D eigenvalue weighted by molar-refractivity contribution is -0.118. The Balaban J connectivity index is 1.10. The van der Waals surface area contributed by atoms with Gasteiger partial charge in [0.1, 0.15) is 18.0 Å². The molecule has 1 aliphatic heterocycles. The van der Waals surface area contributed by atoms with Crippen LogP contribution in [0.15, 0.2) is 103 Å². The van der Waals surface area contributed by atoms with E-state index in [1.807, 2.05) is 48.5 Å². The number of benzene rings is 4. The summed E-state index contributed by atoms with van der Waals surface area (Å²) in [6.07, 6.45) is 7.56. The van der Waals surface area contributed by atoms with Gasteiger partial charge in [-0.2, -0.15) is 0 Å². The number of aryl methyl sites for hydroxylation is 1. The van der Waals surface area contributed by atoms with Gasteiger partial charge in [-0.25, -0.2) is 0 Å². The van der Waals surface area contributed by atoms with Gasteiger partial charge < -0.3 is 19.5 Å². The minimum Gasteiger partial charge on any atom is -0.487 e. The average Bonchev–Trinajstić information content (AvgIpc) is 3.10. The van der Waals surface area contributed by atoms with Gasteiger partial charge in [0.2, 0.25) is 0 Å². The normalized spacial score (nSPS) is 12.3. The molecule has 0 saturated carbocycles. The highest BCUT2D eigenvalue weighted by atomic mass is 16.5. The molecule has 47 heavy (non-hydrogen) atoms. The summed E-state index contributed by atoms with van der Waals surface area (Å²) in [7, 11) is 0. The van der Waals surface area contributed by atoms with Crippen LogP contribution in [0.3, 0.4) is 0 Å². The summed E-state index contributed by atoms with van der Waals surface area (Å²) in [5.74, 6) is 0.528. The van der Waals surface area contributed by atoms with Crippen molar-refractivity contribution in [3.63, 3.8) is 0 Å². The Kier molecular flexibility index (Phi) is 13.4. The number of unbranched alkanes of at least 4 members (excludes halogenated alkanes) is 4. The molecule has 0 aromatic heterocycles. The molecule has 4 aromatic rings. The van der Waals surface area contributed by atoms with Crippen molar-refractivity contribution in [1.29, 1.82) is 0 Å². The third kappa shape index (κ3) is 11.1. The van der Waals surface area contributed by atoms with E-state index < -0.39 is 0 Å². The smallest absolute Gasteiger partial charge is 0.262 e. The molecule has 1 aliphatic rings. The molecule has 4 aromatic carbocycles. The zero-order valence-electron chi connectivity index (χ0n) is 27.2. The highest BCUT2D eigenvalue weighted by molar-refractivity contribution is 6.06. The zero-order chi connectivity index (χ0) is 32.5. The number of hydrogen-bond donors (Lipinski definition) is 1. The number of ketones is 1. The molecule has 1 heterocycles. The Bertz CT molecular complexity index is 1530. The van der Waals surface area contributed by atoms with Crippen molar-refractivity contribution in [2.45, 2.75) is 58.1 Å². The second kappa shape index (κ2) is 18.6. The van der Waals surface area contributed by atoms with Crippen molar-refractivity contribution >= 4 is 17.4 Å². The summed E-state index contributed by atoms with van der Waals surface area (Å²) in [5, 5.41) is 2.87. The molecule has 0 aliphatic carbocycles. The molecular formula is C40H46N2O5. The molecule has 0 unspecified atom stereocenters. The maximum absolute atomic E-state index is 13.8. The first-order valence-corrected chi connectivity index (χ1v) is 16.8. The largest absolute Gasteiger partial charge is 0.487 e. The van der Waals surface area contributed by atoms with Crippen molar-refractivity contribution in [2.24, 2.45) is 0 Å². The molecule has 1 N–H and O–H groups in total. The maximum Gasteiger partial charge on any atom is 0.262 e. The Morgan fingerprint density at radius 1 is 0.723 bits per heavy atom. The number of carbonyl (C=O) groups excluding carboxylic acids is 2. The quantitative estimate of drug-likeness (QED) is 0.0788. The number of fused-ring (bicyclic) bond motifs is 1. The Morgan fingerprint density at radius 3 is 2.09 bits per heavy atom. The van der Waals surface area contributed by atoms with E-state index in [0.717, 1.165) is 75.8 Å². The summed E-state index contributed by atoms with van der Waals surface area (Å²) in [6.45, 7) is 3.54. The molecule has 0 saturated heterocycles. The molecule has 1 amide bonds. The minimum atomic E-state index is -0.272. The third-order valence-corrected chi connectivity index (χ3v) is 8.25. The molecule has 5 rings (SSSR count). The van der Waals surface area contributed by atoms with Gasteiger partial charge in [-0.3, -0.25) is 14.5 Å². The van der Waals surface area contributed by atoms with E-state index in [1.165, 1.54) is 5.56 Å². The van der Waals surface area contributed by atoms with Crippen LogP contribution in [0.25, 0.3) is 0 Å². The minimum absolute atomic E-state index is 0.0522. The number of nitrogens with one attached hydrogen (secondary N) is 1. The molecule has 0 bridgehead atoms. The topological polar surface area (TPSA) is 77.1 Å². The van der Waals surface area contributed by atoms with E-state index in [1.54, 1.807) is 12.1 Å². The molecule has 7 heteroatoms. The molecule has 0 spiro atoms. The number of carbonyl (C=O) groups is 2. The van der Waals surface area contributed by atoms with E-state index in [2.05, 4.69) is 52.7 Å². The first-order chi connectivity index (χ1) is 23.2.